The molecule has 3 aromatic heterocycles. The quantitative estimate of drug-likeness (QED) is 0.361. The summed E-state index contributed by atoms with van der Waals surface area (Å²) in [6.45, 7) is 10.1. The van der Waals surface area contributed by atoms with E-state index in [1.165, 1.54) is 11.8 Å². The number of rotatable bonds is 4. The van der Waals surface area contributed by atoms with Crippen LogP contribution in [0.2, 0.25) is 0 Å². The van der Waals surface area contributed by atoms with E-state index in [1.807, 2.05) is 75.4 Å². The number of thioether (sulfide) groups is 1. The van der Waals surface area contributed by atoms with Gasteiger partial charge < -0.3 is 4.52 Å². The van der Waals surface area contributed by atoms with Crippen LogP contribution in [0.5, 0.6) is 0 Å². The Bertz CT molecular complexity index is 1560. The van der Waals surface area contributed by atoms with Gasteiger partial charge in [-0.1, -0.05) is 67.5 Å². The second kappa shape index (κ2) is 7.84. The Kier molecular flexibility index (Phi) is 5.08. The van der Waals surface area contributed by atoms with Crippen molar-refractivity contribution in [3.8, 4) is 5.69 Å². The third-order valence-corrected chi connectivity index (χ3v) is 6.37. The van der Waals surface area contributed by atoms with Crippen LogP contribution in [-0.2, 0) is 11.2 Å². The molecule has 3 heterocycles. The largest absolute Gasteiger partial charge is 0.338 e. The summed E-state index contributed by atoms with van der Waals surface area (Å²) >= 11 is 1.44. The van der Waals surface area contributed by atoms with Gasteiger partial charge in [-0.2, -0.15) is 4.98 Å². The molecule has 168 valence electrons. The zero-order chi connectivity index (χ0) is 23.3. The molecule has 0 saturated carbocycles. The van der Waals surface area contributed by atoms with Crippen LogP contribution in [0.15, 0.2) is 56.9 Å². The Morgan fingerprint density at radius 1 is 1.06 bits per heavy atom. The molecule has 5 rings (SSSR count). The molecule has 0 atom stereocenters. The first-order valence-electron chi connectivity index (χ1n) is 10.7. The molecule has 0 aliphatic carbocycles. The van der Waals surface area contributed by atoms with E-state index in [9.17, 15) is 4.79 Å². The molecule has 0 fully saturated rings. The number of nitrogens with zero attached hydrogens (tertiary/aromatic N) is 6. The summed E-state index contributed by atoms with van der Waals surface area (Å²) in [6.07, 6.45) is 0. The fraction of sp³-hybridized carbons (Fsp3) is 0.292. The van der Waals surface area contributed by atoms with Gasteiger partial charge in [0.05, 0.1) is 22.3 Å². The van der Waals surface area contributed by atoms with E-state index in [4.69, 9.17) is 4.52 Å². The molecular weight excluding hydrogens is 436 g/mol. The highest BCUT2D eigenvalue weighted by Gasteiger charge is 2.22. The van der Waals surface area contributed by atoms with Gasteiger partial charge >= 0.3 is 0 Å². The van der Waals surface area contributed by atoms with Gasteiger partial charge in [-0.3, -0.25) is 9.20 Å². The number of hydrogen-bond donors (Lipinski definition) is 0. The molecule has 0 aliphatic rings. The summed E-state index contributed by atoms with van der Waals surface area (Å²) in [5, 5.41) is 14.2. The lowest BCUT2D eigenvalue weighted by molar-refractivity contribution is 0.372. The predicted octanol–water partition coefficient (Wildman–Crippen LogP) is 4.62. The minimum atomic E-state index is -0.188. The van der Waals surface area contributed by atoms with Gasteiger partial charge in [-0.25, -0.2) is 4.57 Å². The molecule has 0 spiro atoms. The van der Waals surface area contributed by atoms with Crippen LogP contribution in [0.1, 0.15) is 43.6 Å². The molecule has 0 amide bonds. The van der Waals surface area contributed by atoms with E-state index in [1.54, 1.807) is 4.57 Å². The van der Waals surface area contributed by atoms with E-state index in [2.05, 4.69) is 26.4 Å². The van der Waals surface area contributed by atoms with E-state index in [0.717, 1.165) is 22.3 Å². The molecule has 5 aromatic rings. The fourth-order valence-corrected chi connectivity index (χ4v) is 4.57. The number of fused-ring (bicyclic) bond motifs is 3. The van der Waals surface area contributed by atoms with Gasteiger partial charge in [0.15, 0.2) is 11.0 Å². The Balaban J connectivity index is 1.66. The van der Waals surface area contributed by atoms with Gasteiger partial charge in [0.1, 0.15) is 0 Å². The Morgan fingerprint density at radius 3 is 2.58 bits per heavy atom. The normalized spacial score (nSPS) is 12.2. The van der Waals surface area contributed by atoms with E-state index < -0.39 is 0 Å². The second-order valence-corrected chi connectivity index (χ2v) is 10.1. The van der Waals surface area contributed by atoms with E-state index in [-0.39, 0.29) is 11.0 Å². The van der Waals surface area contributed by atoms with Gasteiger partial charge in [0.2, 0.25) is 11.7 Å². The average molecular weight is 461 g/mol. The summed E-state index contributed by atoms with van der Waals surface area (Å²) in [5.74, 6) is 2.10. The molecule has 0 saturated heterocycles. The third-order valence-electron chi connectivity index (χ3n) is 5.45. The van der Waals surface area contributed by atoms with Crippen LogP contribution < -0.4 is 5.56 Å². The summed E-state index contributed by atoms with van der Waals surface area (Å²) < 4.78 is 8.99. The highest BCUT2D eigenvalue weighted by Crippen LogP contribution is 2.27. The lowest BCUT2D eigenvalue weighted by atomic mass is 9.96. The number of hydrogen-bond acceptors (Lipinski definition) is 7. The van der Waals surface area contributed by atoms with Crippen molar-refractivity contribution >= 4 is 28.4 Å². The van der Waals surface area contributed by atoms with Gasteiger partial charge in [-0.05, 0) is 37.6 Å². The number of aromatic nitrogens is 6. The predicted molar refractivity (Wildman–Crippen MR) is 128 cm³/mol. The summed E-state index contributed by atoms with van der Waals surface area (Å²) in [4.78, 5) is 18.0. The van der Waals surface area contributed by atoms with Gasteiger partial charge in [0.25, 0.3) is 5.56 Å². The molecule has 9 heteroatoms. The zero-order valence-corrected chi connectivity index (χ0v) is 20.0. The van der Waals surface area contributed by atoms with Crippen LogP contribution >= 0.6 is 11.8 Å². The third kappa shape index (κ3) is 3.72. The maximum atomic E-state index is 13.5. The topological polar surface area (TPSA) is 91.1 Å². The van der Waals surface area contributed by atoms with Crippen molar-refractivity contribution in [1.29, 1.82) is 0 Å². The molecule has 0 bridgehead atoms. The van der Waals surface area contributed by atoms with Crippen molar-refractivity contribution in [2.45, 2.75) is 50.9 Å². The van der Waals surface area contributed by atoms with Crippen molar-refractivity contribution in [3.05, 3.63) is 75.7 Å². The molecule has 33 heavy (non-hydrogen) atoms. The Hall–Kier alpha value is -3.46. The van der Waals surface area contributed by atoms with E-state index >= 15 is 0 Å². The highest BCUT2D eigenvalue weighted by atomic mass is 32.2. The lowest BCUT2D eigenvalue weighted by Crippen LogP contribution is -2.22. The Morgan fingerprint density at radius 2 is 1.85 bits per heavy atom. The second-order valence-electron chi connectivity index (χ2n) is 9.12. The van der Waals surface area contributed by atoms with Gasteiger partial charge in [-0.15, -0.1) is 10.2 Å². The lowest BCUT2D eigenvalue weighted by Gasteiger charge is -2.13. The average Bonchev–Trinajstić information content (AvgIpc) is 3.41. The first-order chi connectivity index (χ1) is 15.7. The zero-order valence-electron chi connectivity index (χ0n) is 19.2. The molecule has 0 N–H and O–H groups in total. The first kappa shape index (κ1) is 21.4. The van der Waals surface area contributed by atoms with Crippen LogP contribution in [0.4, 0.5) is 0 Å². The number of benzene rings is 2. The van der Waals surface area contributed by atoms with Crippen LogP contribution in [0.25, 0.3) is 22.4 Å². The first-order valence-corrected chi connectivity index (χ1v) is 11.6. The fourth-order valence-electron chi connectivity index (χ4n) is 3.79. The minimum Gasteiger partial charge on any atom is -0.338 e. The monoisotopic (exact) mass is 460 g/mol. The smallest absolute Gasteiger partial charge is 0.267 e. The summed E-state index contributed by atoms with van der Waals surface area (Å²) in [7, 11) is 0. The van der Waals surface area contributed by atoms with Gasteiger partial charge in [0, 0.05) is 5.41 Å². The SMILES string of the molecule is Cc1ccc(-n2c(=O)c3ccccc3n3c(SCc4nc(C(C)(C)C)no4)nnc23)c(C)c1. The maximum Gasteiger partial charge on any atom is 0.267 e. The molecular formula is C24H24N6O2S. The number of para-hydroxylation sites is 1. The molecule has 0 unspecified atom stereocenters. The van der Waals surface area contributed by atoms with Crippen molar-refractivity contribution in [3.63, 3.8) is 0 Å². The van der Waals surface area contributed by atoms with Crippen molar-refractivity contribution in [1.82, 2.24) is 29.3 Å². The van der Waals surface area contributed by atoms with Crippen molar-refractivity contribution in [2.24, 2.45) is 0 Å². The Labute approximate surface area is 194 Å². The standard InChI is InChI=1S/C24H24N6O2S/c1-14-10-11-17(15(2)12-14)29-20(31)16-8-6-7-9-18(16)30-22(29)26-27-23(30)33-13-19-25-21(28-32-19)24(3,4)5/h6-12H,13H2,1-5H3. The minimum absolute atomic E-state index is 0.124. The van der Waals surface area contributed by atoms with Crippen molar-refractivity contribution < 1.29 is 4.52 Å². The molecule has 2 aromatic carbocycles. The number of aryl methyl sites for hydroxylation is 2. The van der Waals surface area contributed by atoms with Crippen LogP contribution in [0.3, 0.4) is 0 Å². The van der Waals surface area contributed by atoms with E-state index in [0.29, 0.717) is 33.8 Å². The molecule has 0 radical (unpaired) electrons. The van der Waals surface area contributed by atoms with Crippen molar-refractivity contribution in [2.75, 3.05) is 0 Å². The van der Waals surface area contributed by atoms with Crippen LogP contribution in [-0.4, -0.2) is 29.3 Å². The molecule has 8 nitrogen and oxygen atoms in total. The summed E-state index contributed by atoms with van der Waals surface area (Å²) in [5.41, 5.74) is 3.36. The highest BCUT2D eigenvalue weighted by molar-refractivity contribution is 7.98. The van der Waals surface area contributed by atoms with Crippen LogP contribution in [0, 0.1) is 13.8 Å². The summed E-state index contributed by atoms with van der Waals surface area (Å²) in [6, 6.07) is 13.5. The molecule has 0 aliphatic heterocycles. The maximum absolute atomic E-state index is 13.5.